The first-order chi connectivity index (χ1) is 12.1. The molecule has 1 aliphatic rings. The number of hydrogen-bond donors (Lipinski definition) is 1. The largest absolute Gasteiger partial charge is 0.492 e. The third-order valence-corrected chi connectivity index (χ3v) is 4.53. The Hall–Kier alpha value is -2.41. The molecule has 1 fully saturated rings. The van der Waals surface area contributed by atoms with E-state index in [0.29, 0.717) is 6.61 Å². The number of carbonyl (C=O) groups excluding carboxylic acids is 1. The van der Waals surface area contributed by atoms with Gasteiger partial charge in [-0.15, -0.1) is 0 Å². The van der Waals surface area contributed by atoms with Crippen LogP contribution in [-0.2, 0) is 18.3 Å². The summed E-state index contributed by atoms with van der Waals surface area (Å²) < 4.78 is 7.40. The average molecular weight is 343 g/mol. The number of aryl methyl sites for hydroxylation is 1. The van der Waals surface area contributed by atoms with Crippen LogP contribution in [0.1, 0.15) is 24.2 Å². The molecule has 0 radical (unpaired) electrons. The van der Waals surface area contributed by atoms with Gasteiger partial charge in [0.25, 0.3) is 0 Å². The van der Waals surface area contributed by atoms with E-state index < -0.39 is 0 Å². The van der Waals surface area contributed by atoms with Crippen molar-refractivity contribution >= 4 is 5.91 Å². The molecule has 0 aromatic carbocycles. The molecule has 1 saturated heterocycles. The van der Waals surface area contributed by atoms with Gasteiger partial charge in [0.2, 0.25) is 5.91 Å². The normalized spacial score (nSPS) is 20.6. The number of nitrogens with zero attached hydrogens (tertiary/aromatic N) is 4. The van der Waals surface area contributed by atoms with Crippen molar-refractivity contribution < 1.29 is 9.53 Å². The lowest BCUT2D eigenvalue weighted by atomic mass is 10.00. The second-order valence-electron chi connectivity index (χ2n) is 6.53. The Morgan fingerprint density at radius 3 is 2.80 bits per heavy atom. The number of carbonyl (C=O) groups is 1. The van der Waals surface area contributed by atoms with E-state index in [1.807, 2.05) is 36.9 Å². The predicted octanol–water partition coefficient (Wildman–Crippen LogP) is 0.970. The number of pyridine rings is 1. The minimum Gasteiger partial charge on any atom is -0.492 e. The highest BCUT2D eigenvalue weighted by Gasteiger charge is 2.34. The highest BCUT2D eigenvalue weighted by atomic mass is 16.5. The van der Waals surface area contributed by atoms with Crippen molar-refractivity contribution in [2.24, 2.45) is 7.05 Å². The van der Waals surface area contributed by atoms with Gasteiger partial charge < -0.3 is 19.5 Å². The Kier molecular flexibility index (Phi) is 5.33. The van der Waals surface area contributed by atoms with Crippen LogP contribution in [0.3, 0.4) is 0 Å². The number of hydrogen-bond acceptors (Lipinski definition) is 5. The molecule has 2 atom stereocenters. The summed E-state index contributed by atoms with van der Waals surface area (Å²) in [6, 6.07) is 3.76. The maximum absolute atomic E-state index is 12.5. The third kappa shape index (κ3) is 4.17. The summed E-state index contributed by atoms with van der Waals surface area (Å²) in [5.74, 6) is 0.958. The van der Waals surface area contributed by atoms with Crippen LogP contribution in [0.5, 0.6) is 5.75 Å². The van der Waals surface area contributed by atoms with Gasteiger partial charge in [0.05, 0.1) is 31.6 Å². The molecule has 2 aromatic rings. The zero-order chi connectivity index (χ0) is 17.8. The molecule has 134 valence electrons. The van der Waals surface area contributed by atoms with Crippen molar-refractivity contribution in [3.8, 4) is 5.75 Å². The van der Waals surface area contributed by atoms with Crippen molar-refractivity contribution in [2.75, 3.05) is 26.7 Å². The number of rotatable bonds is 6. The number of amides is 1. The van der Waals surface area contributed by atoms with E-state index in [-0.39, 0.29) is 24.3 Å². The van der Waals surface area contributed by atoms with Crippen molar-refractivity contribution in [1.29, 1.82) is 0 Å². The summed E-state index contributed by atoms with van der Waals surface area (Å²) in [7, 11) is 4.06. The maximum atomic E-state index is 12.5. The quantitative estimate of drug-likeness (QED) is 0.846. The van der Waals surface area contributed by atoms with Crippen LogP contribution in [0.25, 0.3) is 0 Å². The van der Waals surface area contributed by atoms with Crippen LogP contribution in [-0.4, -0.2) is 58.1 Å². The van der Waals surface area contributed by atoms with Crippen LogP contribution in [0.2, 0.25) is 0 Å². The Morgan fingerprint density at radius 2 is 2.16 bits per heavy atom. The molecule has 3 rings (SSSR count). The van der Waals surface area contributed by atoms with Gasteiger partial charge in [-0.1, -0.05) is 0 Å². The van der Waals surface area contributed by atoms with Gasteiger partial charge in [-0.25, -0.2) is 4.98 Å². The van der Waals surface area contributed by atoms with E-state index >= 15 is 0 Å². The molecule has 25 heavy (non-hydrogen) atoms. The maximum Gasteiger partial charge on any atom is 0.226 e. The predicted molar refractivity (Wildman–Crippen MR) is 94.5 cm³/mol. The highest BCUT2D eigenvalue weighted by molar-refractivity contribution is 5.78. The molecule has 1 N–H and O–H groups in total. The van der Waals surface area contributed by atoms with Crippen molar-refractivity contribution in [3.05, 3.63) is 42.2 Å². The van der Waals surface area contributed by atoms with Crippen LogP contribution >= 0.6 is 0 Å². The molecule has 0 aliphatic carbocycles. The topological polar surface area (TPSA) is 72.3 Å². The van der Waals surface area contributed by atoms with Crippen LogP contribution in [0.4, 0.5) is 0 Å². The lowest BCUT2D eigenvalue weighted by molar-refractivity contribution is -0.121. The molecule has 7 heteroatoms. The number of ether oxygens (including phenoxy) is 1. The zero-order valence-electron chi connectivity index (χ0n) is 15.0. The molecule has 0 unspecified atom stereocenters. The van der Waals surface area contributed by atoms with Crippen molar-refractivity contribution in [3.63, 3.8) is 0 Å². The molecule has 1 aliphatic heterocycles. The summed E-state index contributed by atoms with van der Waals surface area (Å²) >= 11 is 0. The van der Waals surface area contributed by atoms with Crippen LogP contribution in [0.15, 0.2) is 30.9 Å². The summed E-state index contributed by atoms with van der Waals surface area (Å²) in [5.41, 5.74) is 1.89. The number of aromatic nitrogens is 3. The fraction of sp³-hybridized carbons (Fsp3) is 0.500. The Balaban J connectivity index is 1.62. The van der Waals surface area contributed by atoms with Gasteiger partial charge in [0, 0.05) is 43.6 Å². The monoisotopic (exact) mass is 343 g/mol. The van der Waals surface area contributed by atoms with Crippen LogP contribution < -0.4 is 10.1 Å². The molecule has 2 aromatic heterocycles. The highest BCUT2D eigenvalue weighted by Crippen LogP contribution is 2.26. The smallest absolute Gasteiger partial charge is 0.226 e. The fourth-order valence-electron chi connectivity index (χ4n) is 3.36. The lowest BCUT2D eigenvalue weighted by Crippen LogP contribution is -2.40. The Labute approximate surface area is 148 Å². The van der Waals surface area contributed by atoms with Gasteiger partial charge in [-0.3, -0.25) is 9.78 Å². The molecular formula is C18H25N5O2. The first-order valence-corrected chi connectivity index (χ1v) is 8.58. The Morgan fingerprint density at radius 1 is 1.32 bits per heavy atom. The molecule has 3 heterocycles. The Bertz CT molecular complexity index is 713. The fourth-order valence-corrected chi connectivity index (χ4v) is 3.36. The second kappa shape index (κ2) is 7.65. The summed E-state index contributed by atoms with van der Waals surface area (Å²) in [4.78, 5) is 23.2. The summed E-state index contributed by atoms with van der Waals surface area (Å²) in [6.45, 7) is 4.27. The van der Waals surface area contributed by atoms with Gasteiger partial charge in [-0.2, -0.15) is 0 Å². The first-order valence-electron chi connectivity index (χ1n) is 8.58. The van der Waals surface area contributed by atoms with E-state index in [4.69, 9.17) is 4.74 Å². The molecule has 0 saturated carbocycles. The number of likely N-dealkylation sites (N-methyl/N-ethyl adjacent to an activating group) is 1. The van der Waals surface area contributed by atoms with E-state index in [9.17, 15) is 4.79 Å². The molecular weight excluding hydrogens is 318 g/mol. The van der Waals surface area contributed by atoms with E-state index in [0.717, 1.165) is 30.2 Å². The van der Waals surface area contributed by atoms with E-state index in [1.54, 1.807) is 12.5 Å². The SMILES string of the molecule is CCOc1ccc(CC(=O)N[C@@H]2CN(C)C[C@H]2c2cncn2C)nc1. The summed E-state index contributed by atoms with van der Waals surface area (Å²) in [5, 5.41) is 3.17. The van der Waals surface area contributed by atoms with Crippen molar-refractivity contribution in [1.82, 2.24) is 24.8 Å². The van der Waals surface area contributed by atoms with E-state index in [2.05, 4.69) is 27.2 Å². The van der Waals surface area contributed by atoms with Gasteiger partial charge in [0.1, 0.15) is 5.75 Å². The van der Waals surface area contributed by atoms with Gasteiger partial charge >= 0.3 is 0 Å². The van der Waals surface area contributed by atoms with Crippen LogP contribution in [0, 0.1) is 0 Å². The van der Waals surface area contributed by atoms with E-state index in [1.165, 1.54) is 0 Å². The lowest BCUT2D eigenvalue weighted by Gasteiger charge is -2.20. The molecule has 0 bridgehead atoms. The third-order valence-electron chi connectivity index (χ3n) is 4.53. The zero-order valence-corrected chi connectivity index (χ0v) is 15.0. The van der Waals surface area contributed by atoms with Gasteiger partial charge in [-0.05, 0) is 26.1 Å². The summed E-state index contributed by atoms with van der Waals surface area (Å²) in [6.07, 6.45) is 5.62. The van der Waals surface area contributed by atoms with Gasteiger partial charge in [0.15, 0.2) is 0 Å². The minimum atomic E-state index is -0.0101. The standard InChI is InChI=1S/C18H25N5O2/c1-4-25-14-6-5-13(20-8-14)7-18(24)21-16-11-22(2)10-15(16)17-9-19-12-23(17)3/h5-6,8-9,12,15-16H,4,7,10-11H2,1-3H3,(H,21,24)/t15-,16-/m1/s1. The molecule has 1 amide bonds. The second-order valence-corrected chi connectivity index (χ2v) is 6.53. The molecule has 0 spiro atoms. The first kappa shape index (κ1) is 17.4. The molecule has 7 nitrogen and oxygen atoms in total. The number of imidazole rings is 1. The average Bonchev–Trinajstić information content (AvgIpc) is 3.14. The minimum absolute atomic E-state index is 0.0101. The number of nitrogens with one attached hydrogen (secondary N) is 1. The number of likely N-dealkylation sites (tertiary alicyclic amines) is 1. The van der Waals surface area contributed by atoms with Crippen molar-refractivity contribution in [2.45, 2.75) is 25.3 Å².